The Balaban J connectivity index is 2.99. The van der Waals surface area contributed by atoms with Gasteiger partial charge in [-0.15, -0.1) is 0 Å². The molecule has 0 spiro atoms. The molecule has 6 N–H and O–H groups in total. The van der Waals surface area contributed by atoms with Crippen LogP contribution in [0.25, 0.3) is 0 Å². The van der Waals surface area contributed by atoms with Crippen LogP contribution >= 0.6 is 0 Å². The van der Waals surface area contributed by atoms with Crippen molar-refractivity contribution in [2.24, 2.45) is 10.8 Å². The van der Waals surface area contributed by atoms with Gasteiger partial charge in [-0.3, -0.25) is 15.0 Å². The zero-order valence-corrected chi connectivity index (χ0v) is 23.5. The SMILES string of the molecule is COC(=O)NC(C(=O)NNC[C@H](O)[C@H](Cc1ccccc1)NC(=O)[C@@H](NC(=O)OC)C(C)(C)C)C(C)(C)C. The van der Waals surface area contributed by atoms with E-state index in [0.717, 1.165) is 5.56 Å². The Morgan fingerprint density at radius 2 is 1.26 bits per heavy atom. The minimum atomic E-state index is -1.14. The fourth-order valence-corrected chi connectivity index (χ4v) is 3.58. The highest BCUT2D eigenvalue weighted by molar-refractivity contribution is 5.87. The van der Waals surface area contributed by atoms with Crippen molar-refractivity contribution in [3.63, 3.8) is 0 Å². The predicted octanol–water partition coefficient (Wildman–Crippen LogP) is 1.24. The van der Waals surface area contributed by atoms with Crippen LogP contribution in [0.5, 0.6) is 0 Å². The Labute approximate surface area is 224 Å². The summed E-state index contributed by atoms with van der Waals surface area (Å²) in [5.41, 5.74) is 4.77. The maximum absolute atomic E-state index is 13.2. The Kier molecular flexibility index (Phi) is 12.5. The van der Waals surface area contributed by atoms with E-state index in [1.165, 1.54) is 14.2 Å². The third-order valence-electron chi connectivity index (χ3n) is 5.76. The molecule has 1 aromatic rings. The van der Waals surface area contributed by atoms with Crippen LogP contribution in [0, 0.1) is 10.8 Å². The second-order valence-corrected chi connectivity index (χ2v) is 11.1. The minimum Gasteiger partial charge on any atom is -0.453 e. The number of ether oxygens (including phenoxy) is 2. The first kappa shape index (κ1) is 32.6. The molecule has 0 radical (unpaired) electrons. The molecule has 0 aliphatic heterocycles. The number of carbonyl (C=O) groups is 4. The van der Waals surface area contributed by atoms with Crippen LogP contribution in [-0.4, -0.2) is 74.1 Å². The molecule has 38 heavy (non-hydrogen) atoms. The Bertz CT molecular complexity index is 928. The van der Waals surface area contributed by atoms with Crippen LogP contribution < -0.4 is 26.8 Å². The van der Waals surface area contributed by atoms with E-state index in [9.17, 15) is 24.3 Å². The number of hydrogen-bond acceptors (Lipinski definition) is 8. The lowest BCUT2D eigenvalue weighted by Gasteiger charge is -2.33. The van der Waals surface area contributed by atoms with Gasteiger partial charge in [-0.1, -0.05) is 71.9 Å². The summed E-state index contributed by atoms with van der Waals surface area (Å²) in [5.74, 6) is -1.03. The summed E-state index contributed by atoms with van der Waals surface area (Å²) in [6.45, 7) is 10.6. The van der Waals surface area contributed by atoms with Gasteiger partial charge in [0.25, 0.3) is 5.91 Å². The average molecular weight is 538 g/mol. The number of methoxy groups -OCH3 is 2. The summed E-state index contributed by atoms with van der Waals surface area (Å²) in [6.07, 6.45) is -2.36. The van der Waals surface area contributed by atoms with Crippen molar-refractivity contribution < 1.29 is 33.8 Å². The molecule has 4 amide bonds. The first-order chi connectivity index (χ1) is 17.6. The molecule has 12 nitrogen and oxygen atoms in total. The fourth-order valence-electron chi connectivity index (χ4n) is 3.58. The topological polar surface area (TPSA) is 167 Å². The van der Waals surface area contributed by atoms with Gasteiger partial charge in [-0.05, 0) is 22.8 Å². The molecule has 1 rings (SSSR count). The van der Waals surface area contributed by atoms with E-state index in [0.29, 0.717) is 0 Å². The lowest BCUT2D eigenvalue weighted by atomic mass is 9.85. The van der Waals surface area contributed by atoms with Crippen LogP contribution in [0.1, 0.15) is 47.1 Å². The monoisotopic (exact) mass is 537 g/mol. The van der Waals surface area contributed by atoms with E-state index in [-0.39, 0.29) is 13.0 Å². The highest BCUT2D eigenvalue weighted by Gasteiger charge is 2.36. The van der Waals surface area contributed by atoms with Gasteiger partial charge in [0.05, 0.1) is 26.4 Å². The van der Waals surface area contributed by atoms with Gasteiger partial charge in [0, 0.05) is 6.54 Å². The van der Waals surface area contributed by atoms with E-state index >= 15 is 0 Å². The van der Waals surface area contributed by atoms with Crippen molar-refractivity contribution in [3.8, 4) is 0 Å². The zero-order chi connectivity index (χ0) is 29.1. The van der Waals surface area contributed by atoms with Crippen molar-refractivity contribution in [1.82, 2.24) is 26.8 Å². The number of alkyl carbamates (subject to hydrolysis) is 2. The maximum Gasteiger partial charge on any atom is 0.407 e. The van der Waals surface area contributed by atoms with Gasteiger partial charge in [-0.2, -0.15) is 0 Å². The van der Waals surface area contributed by atoms with Crippen LogP contribution in [0.3, 0.4) is 0 Å². The Morgan fingerprint density at radius 3 is 1.71 bits per heavy atom. The van der Waals surface area contributed by atoms with Gasteiger partial charge in [0.15, 0.2) is 0 Å². The van der Waals surface area contributed by atoms with E-state index in [2.05, 4.69) is 36.3 Å². The third kappa shape index (κ3) is 10.9. The van der Waals surface area contributed by atoms with Crippen LogP contribution in [-0.2, 0) is 25.5 Å². The summed E-state index contributed by atoms with van der Waals surface area (Å²) in [5, 5.41) is 18.9. The van der Waals surface area contributed by atoms with E-state index in [4.69, 9.17) is 0 Å². The van der Waals surface area contributed by atoms with Gasteiger partial charge < -0.3 is 30.5 Å². The number of aliphatic hydroxyl groups is 1. The van der Waals surface area contributed by atoms with Gasteiger partial charge >= 0.3 is 12.2 Å². The van der Waals surface area contributed by atoms with Crippen molar-refractivity contribution in [2.45, 2.75) is 72.2 Å². The Morgan fingerprint density at radius 1 is 0.789 bits per heavy atom. The molecule has 214 valence electrons. The van der Waals surface area contributed by atoms with Gasteiger partial charge in [0.1, 0.15) is 12.1 Å². The number of hydrazine groups is 1. The molecule has 0 saturated heterocycles. The fraction of sp³-hybridized carbons (Fsp3) is 0.615. The first-order valence-electron chi connectivity index (χ1n) is 12.3. The number of benzene rings is 1. The molecule has 0 aliphatic rings. The van der Waals surface area contributed by atoms with Crippen molar-refractivity contribution in [3.05, 3.63) is 35.9 Å². The summed E-state index contributed by atoms with van der Waals surface area (Å²) >= 11 is 0. The molecule has 1 aromatic carbocycles. The minimum absolute atomic E-state index is 0.122. The smallest absolute Gasteiger partial charge is 0.407 e. The summed E-state index contributed by atoms with van der Waals surface area (Å²) in [6, 6.07) is 6.64. The van der Waals surface area contributed by atoms with Crippen molar-refractivity contribution in [2.75, 3.05) is 20.8 Å². The second kappa shape index (κ2) is 14.5. The van der Waals surface area contributed by atoms with E-state index < -0.39 is 59.1 Å². The number of amides is 4. The van der Waals surface area contributed by atoms with E-state index in [1.807, 2.05) is 30.3 Å². The molecular weight excluding hydrogens is 494 g/mol. The molecule has 1 unspecified atom stereocenters. The first-order valence-corrected chi connectivity index (χ1v) is 12.3. The molecule has 0 heterocycles. The second-order valence-electron chi connectivity index (χ2n) is 11.1. The molecule has 0 saturated carbocycles. The Hall–Kier alpha value is -3.38. The highest BCUT2D eigenvalue weighted by Crippen LogP contribution is 2.21. The third-order valence-corrected chi connectivity index (χ3v) is 5.76. The summed E-state index contributed by atoms with van der Waals surface area (Å²) in [7, 11) is 2.41. The number of hydrogen-bond donors (Lipinski definition) is 6. The summed E-state index contributed by atoms with van der Waals surface area (Å²) in [4.78, 5) is 49.5. The van der Waals surface area contributed by atoms with Gasteiger partial charge in [0.2, 0.25) is 5.91 Å². The number of aliphatic hydroxyl groups excluding tert-OH is 1. The maximum atomic E-state index is 13.2. The van der Waals surface area contributed by atoms with E-state index in [1.54, 1.807) is 41.5 Å². The quantitative estimate of drug-likeness (QED) is 0.229. The molecule has 0 aliphatic carbocycles. The van der Waals surface area contributed by atoms with Gasteiger partial charge in [-0.25, -0.2) is 15.0 Å². The van der Waals surface area contributed by atoms with Crippen molar-refractivity contribution >= 4 is 24.0 Å². The predicted molar refractivity (Wildman–Crippen MR) is 142 cm³/mol. The highest BCUT2D eigenvalue weighted by atomic mass is 16.5. The number of rotatable bonds is 11. The largest absolute Gasteiger partial charge is 0.453 e. The molecule has 0 aromatic heterocycles. The molecule has 12 heteroatoms. The summed E-state index contributed by atoms with van der Waals surface area (Å²) < 4.78 is 9.26. The normalized spacial score (nSPS) is 14.8. The number of nitrogens with one attached hydrogen (secondary N) is 5. The molecular formula is C26H43N5O7. The van der Waals surface area contributed by atoms with Crippen molar-refractivity contribution in [1.29, 1.82) is 0 Å². The molecule has 0 fully saturated rings. The average Bonchev–Trinajstić information content (AvgIpc) is 2.83. The van der Waals surface area contributed by atoms with Crippen LogP contribution in [0.2, 0.25) is 0 Å². The molecule has 4 atom stereocenters. The lowest BCUT2D eigenvalue weighted by molar-refractivity contribution is -0.128. The molecule has 0 bridgehead atoms. The van der Waals surface area contributed by atoms with Crippen LogP contribution in [0.4, 0.5) is 9.59 Å². The van der Waals surface area contributed by atoms with Crippen LogP contribution in [0.15, 0.2) is 30.3 Å². The zero-order valence-electron chi connectivity index (χ0n) is 23.5. The lowest BCUT2D eigenvalue weighted by Crippen LogP contribution is -2.60. The number of carbonyl (C=O) groups excluding carboxylic acids is 4. The standard InChI is InChI=1S/C26H43N5O7/c1-25(2,3)19(29-23(35)37-7)21(33)28-17(14-16-12-10-9-11-13-16)18(32)15-27-31-22(34)20(26(4,5)6)30-24(36)38-8/h9-13,17-20,27,32H,14-15H2,1-8H3,(H,28,33)(H,29,35)(H,30,36)(H,31,34)/t17-,18-,19+,20?/m0/s1.